The summed E-state index contributed by atoms with van der Waals surface area (Å²) < 4.78 is 17.1. The summed E-state index contributed by atoms with van der Waals surface area (Å²) in [6.45, 7) is 0. The van der Waals surface area contributed by atoms with Crippen molar-refractivity contribution in [2.24, 2.45) is 0 Å². The second-order valence-electron chi connectivity index (χ2n) is 4.71. The summed E-state index contributed by atoms with van der Waals surface area (Å²) >= 11 is 0. The Balaban J connectivity index is 5.91. The lowest BCUT2D eigenvalue weighted by Crippen LogP contribution is -2.59. The van der Waals surface area contributed by atoms with Crippen LogP contribution >= 0.6 is 0 Å². The predicted octanol–water partition coefficient (Wildman–Crippen LogP) is -2.53. The lowest BCUT2D eigenvalue weighted by Gasteiger charge is -2.27. The third kappa shape index (κ3) is 4.66. The molecule has 146 valence electrons. The van der Waals surface area contributed by atoms with Crippen LogP contribution in [-0.4, -0.2) is 83.7 Å². The summed E-state index contributed by atoms with van der Waals surface area (Å²) in [5, 5.41) is 27.3. The molecule has 3 N–H and O–H groups in total. The van der Waals surface area contributed by atoms with Crippen molar-refractivity contribution in [3.63, 3.8) is 0 Å². The van der Waals surface area contributed by atoms with E-state index >= 15 is 0 Å². The van der Waals surface area contributed by atoms with Crippen molar-refractivity contribution in [3.8, 4) is 0 Å². The van der Waals surface area contributed by atoms with E-state index in [-0.39, 0.29) is 0 Å². The van der Waals surface area contributed by atoms with Gasteiger partial charge in [-0.15, -0.1) is 0 Å². The van der Waals surface area contributed by atoms with E-state index in [9.17, 15) is 33.9 Å². The molecule has 0 aliphatic carbocycles. The Labute approximate surface area is 145 Å². The van der Waals surface area contributed by atoms with Crippen LogP contribution in [0, 0.1) is 0 Å². The van der Waals surface area contributed by atoms with E-state index in [1.165, 1.54) is 0 Å². The molecule has 0 aromatic heterocycles. The summed E-state index contributed by atoms with van der Waals surface area (Å²) in [6.07, 6.45) is -2.94. The van der Waals surface area contributed by atoms with Gasteiger partial charge in [0.2, 0.25) is 0 Å². The highest BCUT2D eigenvalue weighted by Crippen LogP contribution is 2.23. The van der Waals surface area contributed by atoms with Crippen LogP contribution in [0.3, 0.4) is 0 Å². The van der Waals surface area contributed by atoms with Gasteiger partial charge in [0, 0.05) is 0 Å². The first-order chi connectivity index (χ1) is 11.9. The van der Waals surface area contributed by atoms with Gasteiger partial charge in [-0.2, -0.15) is 0 Å². The number of carboxylic acid groups (broad SMARTS) is 2. The number of hydrogen-bond donors (Lipinski definition) is 3. The molecule has 13 heteroatoms. The Bertz CT molecular complexity index is 581. The van der Waals surface area contributed by atoms with Crippen molar-refractivity contribution in [2.45, 2.75) is 24.0 Å². The van der Waals surface area contributed by atoms with Crippen molar-refractivity contribution in [3.05, 3.63) is 0 Å². The lowest BCUT2D eigenvalue weighted by atomic mass is 9.95. The molecule has 26 heavy (non-hydrogen) atoms. The fourth-order valence-corrected chi connectivity index (χ4v) is 1.72. The highest BCUT2D eigenvalue weighted by atomic mass is 16.7. The average molecular weight is 380 g/mol. The molecule has 0 saturated heterocycles. The topological polar surface area (TPSA) is 200 Å². The normalized spacial score (nSPS) is 12.9. The molecule has 0 amide bonds. The lowest BCUT2D eigenvalue weighted by molar-refractivity contribution is -0.205. The first-order valence-electron chi connectivity index (χ1n) is 6.56. The van der Waals surface area contributed by atoms with Gasteiger partial charge < -0.3 is 34.3 Å². The molecule has 1 atom stereocenters. The summed E-state index contributed by atoms with van der Waals surface area (Å²) in [4.78, 5) is 69.3. The molecule has 0 saturated carbocycles. The zero-order valence-electron chi connectivity index (χ0n) is 13.8. The van der Waals surface area contributed by atoms with Gasteiger partial charge in [0.15, 0.2) is 5.60 Å². The van der Waals surface area contributed by atoms with Crippen LogP contribution in [0.25, 0.3) is 0 Å². The average Bonchev–Trinajstić information content (AvgIpc) is 2.56. The molecular weight excluding hydrogens is 364 g/mol. The smallest absolute Gasteiger partial charge is 0.400 e. The number of aliphatic carboxylic acids is 2. The first-order valence-corrected chi connectivity index (χ1v) is 6.56. The van der Waals surface area contributed by atoms with Crippen molar-refractivity contribution in [1.82, 2.24) is 0 Å². The van der Waals surface area contributed by atoms with Crippen molar-refractivity contribution in [1.29, 1.82) is 0 Å². The largest absolute Gasteiger partial charge is 0.481 e. The fourth-order valence-electron chi connectivity index (χ4n) is 1.72. The summed E-state index contributed by atoms with van der Waals surface area (Å²) in [7, 11) is 2.19. The second-order valence-corrected chi connectivity index (χ2v) is 4.71. The van der Waals surface area contributed by atoms with Gasteiger partial charge in [-0.05, 0) is 0 Å². The van der Waals surface area contributed by atoms with Crippen LogP contribution in [0.4, 0.5) is 0 Å². The van der Waals surface area contributed by atoms with Gasteiger partial charge >= 0.3 is 41.4 Å². The van der Waals surface area contributed by atoms with Gasteiger partial charge in [0.1, 0.15) is 0 Å². The molecular formula is C13H16O13. The van der Waals surface area contributed by atoms with E-state index < -0.39 is 59.9 Å². The van der Waals surface area contributed by atoms with E-state index in [0.29, 0.717) is 0 Å². The number of ether oxygens (including phenoxy) is 4. The minimum atomic E-state index is -3.39. The Hall–Kier alpha value is -3.22. The molecule has 0 bridgehead atoms. The van der Waals surface area contributed by atoms with Gasteiger partial charge in [-0.1, -0.05) is 0 Å². The molecule has 0 radical (unpaired) electrons. The molecule has 0 aliphatic heterocycles. The highest BCUT2D eigenvalue weighted by molar-refractivity contribution is 6.23. The SMILES string of the molecule is COC(=O)C(OC(=O)CC(O)(CC(=O)O)C(=O)O)(C(=O)OC)C(=O)OC. The van der Waals surface area contributed by atoms with Gasteiger partial charge in [-0.25, -0.2) is 19.2 Å². The minimum absolute atomic E-state index is 0.731. The van der Waals surface area contributed by atoms with E-state index in [2.05, 4.69) is 18.9 Å². The number of carbonyl (C=O) groups excluding carboxylic acids is 4. The molecule has 0 aliphatic rings. The number of rotatable bonds is 9. The van der Waals surface area contributed by atoms with Gasteiger partial charge in [0.25, 0.3) is 0 Å². The van der Waals surface area contributed by atoms with Crippen LogP contribution < -0.4 is 0 Å². The van der Waals surface area contributed by atoms with E-state index in [1.807, 2.05) is 0 Å². The maximum Gasteiger partial charge on any atom is 0.400 e. The molecule has 0 fully saturated rings. The molecule has 0 spiro atoms. The Morgan fingerprint density at radius 2 is 1.15 bits per heavy atom. The van der Waals surface area contributed by atoms with Crippen LogP contribution in [0.2, 0.25) is 0 Å². The van der Waals surface area contributed by atoms with Gasteiger partial charge in [0.05, 0.1) is 34.2 Å². The van der Waals surface area contributed by atoms with E-state index in [0.717, 1.165) is 21.3 Å². The molecule has 0 aromatic carbocycles. The third-order valence-corrected chi connectivity index (χ3v) is 2.96. The van der Waals surface area contributed by atoms with E-state index in [1.54, 1.807) is 0 Å². The fraction of sp³-hybridized carbons (Fsp3) is 0.538. The quantitative estimate of drug-likeness (QED) is 0.215. The number of hydrogen-bond acceptors (Lipinski definition) is 11. The third-order valence-electron chi connectivity index (χ3n) is 2.96. The molecule has 0 heterocycles. The molecule has 13 nitrogen and oxygen atoms in total. The minimum Gasteiger partial charge on any atom is -0.481 e. The summed E-state index contributed by atoms with van der Waals surface area (Å²) in [6, 6.07) is 0. The molecule has 0 rings (SSSR count). The number of carboxylic acids is 2. The Morgan fingerprint density at radius 3 is 1.42 bits per heavy atom. The number of esters is 4. The Kier molecular flexibility index (Phi) is 7.67. The highest BCUT2D eigenvalue weighted by Gasteiger charge is 2.62. The number of carbonyl (C=O) groups is 6. The summed E-state index contributed by atoms with van der Waals surface area (Å²) in [5.74, 6) is -10.9. The summed E-state index contributed by atoms with van der Waals surface area (Å²) in [5.41, 5.74) is -6.53. The van der Waals surface area contributed by atoms with Crippen LogP contribution in [0.15, 0.2) is 0 Å². The molecule has 0 aromatic rings. The maximum absolute atomic E-state index is 12.0. The number of aliphatic hydroxyl groups is 1. The monoisotopic (exact) mass is 380 g/mol. The standard InChI is InChI=1S/C13H16O13/c1-23-9(19)13(10(20)24-2,11(21)25-3)26-7(16)5-12(22,8(17)18)4-6(14)15/h22H,4-5H2,1-3H3,(H,14,15)(H,17,18). The van der Waals surface area contributed by atoms with Crippen molar-refractivity contribution >= 4 is 35.8 Å². The van der Waals surface area contributed by atoms with Gasteiger partial charge in [-0.3, -0.25) is 9.59 Å². The van der Waals surface area contributed by atoms with E-state index in [4.69, 9.17) is 10.2 Å². The van der Waals surface area contributed by atoms with Crippen LogP contribution in [0.1, 0.15) is 12.8 Å². The zero-order chi connectivity index (χ0) is 20.7. The second kappa shape index (κ2) is 8.75. The maximum atomic E-state index is 12.0. The number of methoxy groups -OCH3 is 3. The van der Waals surface area contributed by atoms with Crippen LogP contribution in [-0.2, 0) is 47.7 Å². The predicted molar refractivity (Wildman–Crippen MR) is 74.3 cm³/mol. The van der Waals surface area contributed by atoms with Crippen LogP contribution in [0.5, 0.6) is 0 Å². The first kappa shape index (κ1) is 22.8. The van der Waals surface area contributed by atoms with Crippen molar-refractivity contribution in [2.75, 3.05) is 21.3 Å². The zero-order valence-corrected chi connectivity index (χ0v) is 13.8. The molecule has 1 unspecified atom stereocenters. The van der Waals surface area contributed by atoms with Crippen molar-refractivity contribution < 1.29 is 63.0 Å². The Morgan fingerprint density at radius 1 is 0.769 bits per heavy atom.